The monoisotopic (exact) mass is 466 g/mol. The lowest BCUT2D eigenvalue weighted by Crippen LogP contribution is -2.46. The van der Waals surface area contributed by atoms with Gasteiger partial charge >= 0.3 is 0 Å². The van der Waals surface area contributed by atoms with Crippen molar-refractivity contribution in [3.63, 3.8) is 0 Å². The van der Waals surface area contributed by atoms with Gasteiger partial charge in [0.1, 0.15) is 19.3 Å². The molecule has 2 unspecified atom stereocenters. The van der Waals surface area contributed by atoms with Gasteiger partial charge in [0.05, 0.1) is 6.04 Å². The minimum atomic E-state index is -0.861. The molecule has 0 bridgehead atoms. The quantitative estimate of drug-likeness (QED) is 0.389. The molecule has 7 nitrogen and oxygen atoms in total. The van der Waals surface area contributed by atoms with Crippen molar-refractivity contribution in [2.24, 2.45) is 0 Å². The summed E-state index contributed by atoms with van der Waals surface area (Å²) in [4.78, 5) is 27.3. The van der Waals surface area contributed by atoms with E-state index in [4.69, 9.17) is 9.47 Å². The summed E-state index contributed by atoms with van der Waals surface area (Å²) in [6, 6.07) is 14.2. The Morgan fingerprint density at radius 2 is 1.65 bits per heavy atom. The number of carbonyl (C=O) groups excluding carboxylic acids is 2. The minimum absolute atomic E-state index is 0.0990. The highest BCUT2D eigenvalue weighted by molar-refractivity contribution is 5.95. The van der Waals surface area contributed by atoms with Crippen LogP contribution in [0.2, 0.25) is 0 Å². The summed E-state index contributed by atoms with van der Waals surface area (Å²) in [5.41, 5.74) is 1.40. The SMILES string of the molecule is O=C(CCCCC(=O)c1ccccc1)NC(CN1CCCC1)C(O)c1ccc2c(c1)OCCO2. The highest BCUT2D eigenvalue weighted by Crippen LogP contribution is 2.33. The van der Waals surface area contributed by atoms with Crippen molar-refractivity contribution in [2.45, 2.75) is 50.7 Å². The van der Waals surface area contributed by atoms with Crippen molar-refractivity contribution in [2.75, 3.05) is 32.8 Å². The second kappa shape index (κ2) is 12.0. The number of hydrogen-bond donors (Lipinski definition) is 2. The largest absolute Gasteiger partial charge is 0.486 e. The van der Waals surface area contributed by atoms with Crippen LogP contribution in [0.15, 0.2) is 48.5 Å². The number of nitrogens with zero attached hydrogens (tertiary/aromatic N) is 1. The summed E-state index contributed by atoms with van der Waals surface area (Å²) in [5, 5.41) is 14.2. The Morgan fingerprint density at radius 3 is 2.41 bits per heavy atom. The van der Waals surface area contributed by atoms with Gasteiger partial charge in [0.2, 0.25) is 5.91 Å². The summed E-state index contributed by atoms with van der Waals surface area (Å²) in [7, 11) is 0. The van der Waals surface area contributed by atoms with Crippen LogP contribution >= 0.6 is 0 Å². The molecule has 0 aromatic heterocycles. The van der Waals surface area contributed by atoms with Crippen LogP contribution in [-0.4, -0.2) is 60.6 Å². The maximum absolute atomic E-state index is 12.7. The van der Waals surface area contributed by atoms with Crippen molar-refractivity contribution < 1.29 is 24.2 Å². The summed E-state index contributed by atoms with van der Waals surface area (Å²) < 4.78 is 11.2. The molecule has 0 aliphatic carbocycles. The molecule has 2 aliphatic heterocycles. The van der Waals surface area contributed by atoms with Crippen LogP contribution in [0.1, 0.15) is 60.6 Å². The molecule has 1 amide bonds. The van der Waals surface area contributed by atoms with Gasteiger partial charge in [-0.2, -0.15) is 0 Å². The molecular formula is C27H34N2O5. The van der Waals surface area contributed by atoms with E-state index in [-0.39, 0.29) is 11.7 Å². The van der Waals surface area contributed by atoms with Crippen LogP contribution in [0.5, 0.6) is 11.5 Å². The van der Waals surface area contributed by atoms with Crippen LogP contribution in [-0.2, 0) is 4.79 Å². The number of Topliss-reactive ketones (excluding diaryl/α,β-unsaturated/α-hetero) is 1. The number of rotatable bonds is 11. The third-order valence-corrected chi connectivity index (χ3v) is 6.44. The zero-order chi connectivity index (χ0) is 23.8. The van der Waals surface area contributed by atoms with E-state index in [1.54, 1.807) is 6.07 Å². The van der Waals surface area contributed by atoms with Gasteiger partial charge in [-0.15, -0.1) is 0 Å². The lowest BCUT2D eigenvalue weighted by atomic mass is 10.00. The smallest absolute Gasteiger partial charge is 0.220 e. The van der Waals surface area contributed by atoms with Crippen LogP contribution in [0.3, 0.4) is 0 Å². The number of aliphatic hydroxyl groups is 1. The fraction of sp³-hybridized carbons (Fsp3) is 0.481. The molecule has 2 aliphatic rings. The maximum atomic E-state index is 12.7. The number of amides is 1. The molecular weight excluding hydrogens is 432 g/mol. The first-order chi connectivity index (χ1) is 16.6. The summed E-state index contributed by atoms with van der Waals surface area (Å²) in [6.07, 6.45) is 3.44. The topological polar surface area (TPSA) is 88.1 Å². The number of unbranched alkanes of at least 4 members (excludes halogenated alkanes) is 1. The van der Waals surface area contributed by atoms with Crippen molar-refractivity contribution in [1.29, 1.82) is 0 Å². The molecule has 2 atom stereocenters. The van der Waals surface area contributed by atoms with Crippen LogP contribution in [0.25, 0.3) is 0 Å². The summed E-state index contributed by atoms with van der Waals surface area (Å²) >= 11 is 0. The normalized spacial score (nSPS) is 17.2. The molecule has 0 saturated carbocycles. The molecule has 2 heterocycles. The van der Waals surface area contributed by atoms with Crippen molar-refractivity contribution in [1.82, 2.24) is 10.2 Å². The molecule has 0 spiro atoms. The maximum Gasteiger partial charge on any atom is 0.220 e. The number of fused-ring (bicyclic) bond motifs is 1. The average molecular weight is 467 g/mol. The summed E-state index contributed by atoms with van der Waals surface area (Å²) in [6.45, 7) is 3.53. The van der Waals surface area contributed by atoms with Gasteiger partial charge in [-0.3, -0.25) is 9.59 Å². The molecule has 7 heteroatoms. The van der Waals surface area contributed by atoms with E-state index in [2.05, 4.69) is 10.2 Å². The molecule has 1 fully saturated rings. The Morgan fingerprint density at radius 1 is 0.941 bits per heavy atom. The van der Waals surface area contributed by atoms with Crippen molar-refractivity contribution >= 4 is 11.7 Å². The van der Waals surface area contributed by atoms with Crippen LogP contribution in [0.4, 0.5) is 0 Å². The first kappa shape index (κ1) is 24.2. The fourth-order valence-electron chi connectivity index (χ4n) is 4.56. The molecule has 4 rings (SSSR count). The number of ether oxygens (including phenoxy) is 2. The lowest BCUT2D eigenvalue weighted by Gasteiger charge is -2.29. The Bertz CT molecular complexity index is 959. The molecule has 2 aromatic rings. The number of benzene rings is 2. The number of hydrogen-bond acceptors (Lipinski definition) is 6. The Balaban J connectivity index is 1.32. The Hall–Kier alpha value is -2.90. The average Bonchev–Trinajstić information content (AvgIpc) is 3.39. The predicted molar refractivity (Wildman–Crippen MR) is 129 cm³/mol. The third-order valence-electron chi connectivity index (χ3n) is 6.44. The van der Waals surface area contributed by atoms with Gasteiger partial charge in [-0.25, -0.2) is 0 Å². The summed E-state index contributed by atoms with van der Waals surface area (Å²) in [5.74, 6) is 1.29. The zero-order valence-corrected chi connectivity index (χ0v) is 19.6. The van der Waals surface area contributed by atoms with Crippen molar-refractivity contribution in [3.05, 3.63) is 59.7 Å². The number of likely N-dealkylation sites (tertiary alicyclic amines) is 1. The second-order valence-corrected chi connectivity index (χ2v) is 9.03. The van der Waals surface area contributed by atoms with E-state index in [0.717, 1.165) is 25.9 Å². The van der Waals surface area contributed by atoms with E-state index < -0.39 is 12.1 Å². The fourth-order valence-corrected chi connectivity index (χ4v) is 4.56. The molecule has 0 radical (unpaired) electrons. The first-order valence-corrected chi connectivity index (χ1v) is 12.3. The lowest BCUT2D eigenvalue weighted by molar-refractivity contribution is -0.123. The van der Waals surface area contributed by atoms with Gasteiger partial charge in [-0.1, -0.05) is 36.4 Å². The highest BCUT2D eigenvalue weighted by atomic mass is 16.6. The number of nitrogens with one attached hydrogen (secondary N) is 1. The van der Waals surface area contributed by atoms with E-state index in [1.165, 1.54) is 0 Å². The zero-order valence-electron chi connectivity index (χ0n) is 19.6. The van der Waals surface area contributed by atoms with Crippen molar-refractivity contribution in [3.8, 4) is 11.5 Å². The Kier molecular flexibility index (Phi) is 8.55. The van der Waals surface area contributed by atoms with Gasteiger partial charge in [0.25, 0.3) is 0 Å². The number of carbonyl (C=O) groups is 2. The number of aliphatic hydroxyl groups excluding tert-OH is 1. The van der Waals surface area contributed by atoms with Gasteiger partial charge in [0.15, 0.2) is 17.3 Å². The Labute approximate surface area is 201 Å². The van der Waals surface area contributed by atoms with Gasteiger partial charge in [0, 0.05) is 24.9 Å². The van der Waals surface area contributed by atoms with E-state index in [9.17, 15) is 14.7 Å². The molecule has 2 aromatic carbocycles. The molecule has 34 heavy (non-hydrogen) atoms. The van der Waals surface area contributed by atoms with Crippen LogP contribution in [0, 0.1) is 0 Å². The first-order valence-electron chi connectivity index (χ1n) is 12.3. The van der Waals surface area contributed by atoms with Gasteiger partial charge < -0.3 is 24.8 Å². The second-order valence-electron chi connectivity index (χ2n) is 9.03. The molecule has 182 valence electrons. The van der Waals surface area contributed by atoms with Gasteiger partial charge in [-0.05, 0) is 56.5 Å². The molecule has 1 saturated heterocycles. The third kappa shape index (κ3) is 6.58. The van der Waals surface area contributed by atoms with E-state index in [0.29, 0.717) is 68.1 Å². The van der Waals surface area contributed by atoms with E-state index in [1.807, 2.05) is 42.5 Å². The molecule has 2 N–H and O–H groups in total. The van der Waals surface area contributed by atoms with Crippen LogP contribution < -0.4 is 14.8 Å². The van der Waals surface area contributed by atoms with E-state index >= 15 is 0 Å². The standard InChI is InChI=1S/C27H34N2O5/c30-23(20-8-2-1-3-9-20)10-4-5-11-26(31)28-22(19-29-14-6-7-15-29)27(32)21-12-13-24-25(18-21)34-17-16-33-24/h1-3,8-9,12-13,18,22,27,32H,4-7,10-11,14-17,19H2,(H,28,31). The number of ketones is 1. The highest BCUT2D eigenvalue weighted by Gasteiger charge is 2.27. The minimum Gasteiger partial charge on any atom is -0.486 e. The predicted octanol–water partition coefficient (Wildman–Crippen LogP) is 3.52.